The molecule has 3 N–H and O–H groups in total. The lowest BCUT2D eigenvalue weighted by molar-refractivity contribution is -0.940. The van der Waals surface area contributed by atoms with Gasteiger partial charge in [0.25, 0.3) is 0 Å². The van der Waals surface area contributed by atoms with Crippen LogP contribution in [0.5, 0.6) is 0 Å². The van der Waals surface area contributed by atoms with Crippen LogP contribution in [0.1, 0.15) is 42.5 Å². The highest BCUT2D eigenvalue weighted by molar-refractivity contribution is 5.89. The molecule has 4 heteroatoms. The van der Waals surface area contributed by atoms with Crippen LogP contribution >= 0.6 is 0 Å². The summed E-state index contributed by atoms with van der Waals surface area (Å²) in [7, 11) is 0. The Hall–Kier alpha value is -1.55. The molecule has 0 aliphatic carbocycles. The highest BCUT2D eigenvalue weighted by Crippen LogP contribution is 2.21. The fourth-order valence-electron chi connectivity index (χ4n) is 3.86. The lowest BCUT2D eigenvalue weighted by Gasteiger charge is -2.40. The Kier molecular flexibility index (Phi) is 4.44. The molecule has 3 rings (SSSR count). The molecule has 0 bridgehead atoms. The van der Waals surface area contributed by atoms with Crippen molar-refractivity contribution in [3.63, 3.8) is 0 Å². The SMILES string of the molecule is Nc1ccc(C(=O)OC[C@@H]2CCC[NH+]3CCCC[C@@H]23)cc1. The van der Waals surface area contributed by atoms with E-state index in [1.54, 1.807) is 29.2 Å². The summed E-state index contributed by atoms with van der Waals surface area (Å²) >= 11 is 0. The van der Waals surface area contributed by atoms with E-state index in [1.165, 1.54) is 45.2 Å². The van der Waals surface area contributed by atoms with Crippen LogP contribution in [0.3, 0.4) is 0 Å². The fourth-order valence-corrected chi connectivity index (χ4v) is 3.86. The third-order valence-corrected chi connectivity index (χ3v) is 5.00. The van der Waals surface area contributed by atoms with Gasteiger partial charge in [-0.1, -0.05) is 0 Å². The van der Waals surface area contributed by atoms with Crippen molar-refractivity contribution in [1.29, 1.82) is 0 Å². The van der Waals surface area contributed by atoms with Gasteiger partial charge >= 0.3 is 5.97 Å². The second-order valence-electron chi connectivity index (χ2n) is 6.38. The van der Waals surface area contributed by atoms with E-state index in [-0.39, 0.29) is 5.97 Å². The first-order valence-electron chi connectivity index (χ1n) is 8.11. The van der Waals surface area contributed by atoms with Gasteiger partial charge in [0.1, 0.15) is 6.61 Å². The van der Waals surface area contributed by atoms with Gasteiger partial charge in [0.15, 0.2) is 0 Å². The number of fused-ring (bicyclic) bond motifs is 1. The van der Waals surface area contributed by atoms with Gasteiger partial charge in [-0.2, -0.15) is 0 Å². The summed E-state index contributed by atoms with van der Waals surface area (Å²) in [5, 5.41) is 0. The molecule has 0 spiro atoms. The Labute approximate surface area is 126 Å². The van der Waals surface area contributed by atoms with Crippen molar-refractivity contribution < 1.29 is 14.4 Å². The number of ether oxygens (including phenoxy) is 1. The van der Waals surface area contributed by atoms with Gasteiger partial charge in [0, 0.05) is 11.6 Å². The van der Waals surface area contributed by atoms with E-state index in [1.807, 2.05) is 0 Å². The predicted octanol–water partition coefficient (Wildman–Crippen LogP) is 1.27. The van der Waals surface area contributed by atoms with Crippen LogP contribution < -0.4 is 10.6 Å². The van der Waals surface area contributed by atoms with Gasteiger partial charge in [-0.25, -0.2) is 4.79 Å². The highest BCUT2D eigenvalue weighted by Gasteiger charge is 2.37. The van der Waals surface area contributed by atoms with E-state index in [9.17, 15) is 4.79 Å². The summed E-state index contributed by atoms with van der Waals surface area (Å²) in [6, 6.07) is 7.65. The van der Waals surface area contributed by atoms with Crippen molar-refractivity contribution in [2.45, 2.75) is 38.1 Å². The smallest absolute Gasteiger partial charge is 0.338 e. The van der Waals surface area contributed by atoms with Crippen LogP contribution in [0.4, 0.5) is 5.69 Å². The summed E-state index contributed by atoms with van der Waals surface area (Å²) in [6.45, 7) is 3.16. The topological polar surface area (TPSA) is 56.8 Å². The minimum absolute atomic E-state index is 0.224. The number of nitrogens with two attached hydrogens (primary N) is 1. The van der Waals surface area contributed by atoms with Gasteiger partial charge in [-0.05, 0) is 56.4 Å². The average molecular weight is 289 g/mol. The first kappa shape index (κ1) is 14.4. The number of nitrogens with one attached hydrogen (secondary N) is 1. The van der Waals surface area contributed by atoms with E-state index in [0.29, 0.717) is 29.8 Å². The molecular weight excluding hydrogens is 264 g/mol. The van der Waals surface area contributed by atoms with Crippen molar-refractivity contribution in [2.24, 2.45) is 5.92 Å². The van der Waals surface area contributed by atoms with Gasteiger partial charge in [-0.15, -0.1) is 0 Å². The zero-order valence-electron chi connectivity index (χ0n) is 12.5. The summed E-state index contributed by atoms with van der Waals surface area (Å²) in [6.07, 6.45) is 6.43. The molecule has 0 amide bonds. The molecule has 0 radical (unpaired) electrons. The molecule has 1 aromatic carbocycles. The molecule has 2 aliphatic rings. The van der Waals surface area contributed by atoms with Crippen LogP contribution in [0, 0.1) is 5.92 Å². The maximum Gasteiger partial charge on any atom is 0.338 e. The maximum absolute atomic E-state index is 12.1. The number of hydrogen-bond acceptors (Lipinski definition) is 3. The fraction of sp³-hybridized carbons (Fsp3) is 0.588. The number of anilines is 1. The minimum Gasteiger partial charge on any atom is -0.462 e. The van der Waals surface area contributed by atoms with Crippen LogP contribution in [-0.4, -0.2) is 31.7 Å². The Morgan fingerprint density at radius 3 is 2.71 bits per heavy atom. The number of benzene rings is 1. The first-order valence-corrected chi connectivity index (χ1v) is 8.11. The quantitative estimate of drug-likeness (QED) is 0.651. The highest BCUT2D eigenvalue weighted by atomic mass is 16.5. The van der Waals surface area contributed by atoms with Crippen molar-refractivity contribution in [1.82, 2.24) is 0 Å². The number of nitrogen functional groups attached to an aromatic ring is 1. The second kappa shape index (κ2) is 6.48. The third kappa shape index (κ3) is 3.38. The molecule has 1 aromatic rings. The zero-order chi connectivity index (χ0) is 14.7. The molecule has 3 atom stereocenters. The lowest BCUT2D eigenvalue weighted by atomic mass is 9.84. The lowest BCUT2D eigenvalue weighted by Crippen LogP contribution is -3.18. The molecule has 1 unspecified atom stereocenters. The number of esters is 1. The van der Waals surface area contributed by atoms with Crippen molar-refractivity contribution in [3.8, 4) is 0 Å². The number of hydrogen-bond donors (Lipinski definition) is 2. The number of carbonyl (C=O) groups is 1. The van der Waals surface area contributed by atoms with E-state index >= 15 is 0 Å². The number of rotatable bonds is 3. The number of quaternary nitrogens is 1. The Morgan fingerprint density at radius 1 is 1.14 bits per heavy atom. The van der Waals surface area contributed by atoms with Crippen LogP contribution in [0.2, 0.25) is 0 Å². The molecule has 4 nitrogen and oxygen atoms in total. The first-order chi connectivity index (χ1) is 10.2. The average Bonchev–Trinajstić information content (AvgIpc) is 2.53. The zero-order valence-corrected chi connectivity index (χ0v) is 12.5. The summed E-state index contributed by atoms with van der Waals surface area (Å²) in [4.78, 5) is 13.8. The van der Waals surface area contributed by atoms with Crippen molar-refractivity contribution >= 4 is 11.7 Å². The van der Waals surface area contributed by atoms with Crippen LogP contribution in [0.15, 0.2) is 24.3 Å². The second-order valence-corrected chi connectivity index (χ2v) is 6.38. The molecule has 114 valence electrons. The Balaban J connectivity index is 1.56. The Morgan fingerprint density at radius 2 is 1.90 bits per heavy atom. The number of piperidine rings is 2. The summed E-state index contributed by atoms with van der Waals surface area (Å²) < 4.78 is 5.56. The minimum atomic E-state index is -0.224. The van der Waals surface area contributed by atoms with E-state index < -0.39 is 0 Å². The molecule has 0 saturated carbocycles. The normalized spacial score (nSPS) is 28.7. The predicted molar refractivity (Wildman–Crippen MR) is 82.2 cm³/mol. The molecular formula is C17H25N2O2+. The molecule has 2 aliphatic heterocycles. The molecule has 2 fully saturated rings. The van der Waals surface area contributed by atoms with Crippen molar-refractivity contribution in [2.75, 3.05) is 25.4 Å². The van der Waals surface area contributed by atoms with Gasteiger partial charge in [-0.3, -0.25) is 0 Å². The van der Waals surface area contributed by atoms with Gasteiger partial charge in [0.05, 0.1) is 24.7 Å². The third-order valence-electron chi connectivity index (χ3n) is 5.00. The monoisotopic (exact) mass is 289 g/mol. The van der Waals surface area contributed by atoms with E-state index in [0.717, 1.165) is 0 Å². The van der Waals surface area contributed by atoms with E-state index in [4.69, 9.17) is 10.5 Å². The summed E-state index contributed by atoms with van der Waals surface area (Å²) in [5.41, 5.74) is 6.89. The van der Waals surface area contributed by atoms with Crippen LogP contribution in [-0.2, 0) is 4.74 Å². The molecule has 2 heterocycles. The molecule has 2 saturated heterocycles. The standard InChI is InChI=1S/C17H24N2O2/c18-15-8-6-13(7-9-15)17(20)21-12-14-4-3-11-19-10-2-1-5-16(14)19/h6-9,14,16H,1-5,10-12,18H2/p+1/t14-,16-/m0/s1. The number of carbonyl (C=O) groups excluding carboxylic acids is 1. The maximum atomic E-state index is 12.1. The molecule has 0 aromatic heterocycles. The largest absolute Gasteiger partial charge is 0.462 e. The summed E-state index contributed by atoms with van der Waals surface area (Å²) in [5.74, 6) is 0.310. The van der Waals surface area contributed by atoms with Crippen molar-refractivity contribution in [3.05, 3.63) is 29.8 Å². The van der Waals surface area contributed by atoms with E-state index in [2.05, 4.69) is 0 Å². The molecule has 21 heavy (non-hydrogen) atoms. The van der Waals surface area contributed by atoms with Gasteiger partial charge < -0.3 is 15.4 Å². The van der Waals surface area contributed by atoms with Crippen LogP contribution in [0.25, 0.3) is 0 Å². The Bertz CT molecular complexity index is 484. The van der Waals surface area contributed by atoms with Gasteiger partial charge in [0.2, 0.25) is 0 Å².